The summed E-state index contributed by atoms with van der Waals surface area (Å²) in [7, 11) is 0. The molecule has 2 aromatic rings. The molecule has 118 valence electrons. The van der Waals surface area contributed by atoms with Crippen molar-refractivity contribution in [1.29, 1.82) is 0 Å². The Kier molecular flexibility index (Phi) is 6.34. The second kappa shape index (κ2) is 8.25. The SMILES string of the molecule is CCC(CC)C(NC(=O)/C=C/c1cnc(C)s1)c1cccs1. The molecule has 0 spiro atoms. The second-order valence-corrected chi connectivity index (χ2v) is 7.44. The minimum atomic E-state index is -0.0450. The Bertz CT molecular complexity index is 612. The van der Waals surface area contributed by atoms with Gasteiger partial charge in [0.15, 0.2) is 0 Å². The third kappa shape index (κ3) is 4.52. The monoisotopic (exact) mass is 334 g/mol. The maximum absolute atomic E-state index is 12.3. The predicted molar refractivity (Wildman–Crippen MR) is 95.2 cm³/mol. The Labute approximate surface area is 140 Å². The molecule has 2 rings (SSSR count). The Morgan fingerprint density at radius 2 is 2.18 bits per heavy atom. The van der Waals surface area contributed by atoms with Gasteiger partial charge in [-0.1, -0.05) is 32.8 Å². The first kappa shape index (κ1) is 16.9. The van der Waals surface area contributed by atoms with Crippen molar-refractivity contribution < 1.29 is 4.79 Å². The van der Waals surface area contributed by atoms with Crippen molar-refractivity contribution in [3.8, 4) is 0 Å². The summed E-state index contributed by atoms with van der Waals surface area (Å²) in [5.41, 5.74) is 0. The van der Waals surface area contributed by atoms with Crippen LogP contribution in [0.3, 0.4) is 0 Å². The summed E-state index contributed by atoms with van der Waals surface area (Å²) in [5, 5.41) is 6.24. The molecule has 0 saturated heterocycles. The number of carbonyl (C=O) groups excluding carboxylic acids is 1. The second-order valence-electron chi connectivity index (χ2n) is 5.19. The quantitative estimate of drug-likeness (QED) is 0.738. The maximum atomic E-state index is 12.3. The van der Waals surface area contributed by atoms with Crippen LogP contribution >= 0.6 is 22.7 Å². The number of hydrogen-bond donors (Lipinski definition) is 1. The van der Waals surface area contributed by atoms with E-state index in [4.69, 9.17) is 0 Å². The summed E-state index contributed by atoms with van der Waals surface area (Å²) in [4.78, 5) is 18.7. The lowest BCUT2D eigenvalue weighted by molar-refractivity contribution is -0.117. The van der Waals surface area contributed by atoms with E-state index in [1.807, 2.05) is 19.1 Å². The molecule has 0 bridgehead atoms. The number of thiazole rings is 1. The summed E-state index contributed by atoms with van der Waals surface area (Å²) in [6.45, 7) is 6.32. The molecule has 0 aliphatic carbocycles. The zero-order valence-electron chi connectivity index (χ0n) is 13.2. The zero-order chi connectivity index (χ0) is 15.9. The van der Waals surface area contributed by atoms with Gasteiger partial charge in [-0.2, -0.15) is 0 Å². The maximum Gasteiger partial charge on any atom is 0.244 e. The summed E-state index contributed by atoms with van der Waals surface area (Å²) in [6, 6.07) is 4.23. The number of nitrogens with zero attached hydrogens (tertiary/aromatic N) is 1. The smallest absolute Gasteiger partial charge is 0.244 e. The molecule has 0 saturated carbocycles. The fourth-order valence-electron chi connectivity index (χ4n) is 2.46. The van der Waals surface area contributed by atoms with Crippen molar-refractivity contribution >= 4 is 34.7 Å². The third-order valence-corrected chi connectivity index (χ3v) is 5.54. The third-order valence-electron chi connectivity index (χ3n) is 3.71. The highest BCUT2D eigenvalue weighted by Gasteiger charge is 2.22. The Balaban J connectivity index is 2.06. The highest BCUT2D eigenvalue weighted by Crippen LogP contribution is 2.30. The van der Waals surface area contributed by atoms with Crippen LogP contribution in [0, 0.1) is 12.8 Å². The molecule has 2 heterocycles. The highest BCUT2D eigenvalue weighted by atomic mass is 32.1. The molecule has 0 fully saturated rings. The molecule has 5 heteroatoms. The molecule has 2 aromatic heterocycles. The van der Waals surface area contributed by atoms with Crippen LogP contribution in [0.15, 0.2) is 29.8 Å². The summed E-state index contributed by atoms with van der Waals surface area (Å²) in [6.07, 6.45) is 7.34. The first-order valence-electron chi connectivity index (χ1n) is 7.58. The van der Waals surface area contributed by atoms with Gasteiger partial charge in [-0.05, 0) is 30.4 Å². The molecule has 0 aliphatic heterocycles. The van der Waals surface area contributed by atoms with Gasteiger partial charge >= 0.3 is 0 Å². The summed E-state index contributed by atoms with van der Waals surface area (Å²) in [5.74, 6) is 0.415. The van der Waals surface area contributed by atoms with Crippen LogP contribution < -0.4 is 5.32 Å². The van der Waals surface area contributed by atoms with Crippen LogP contribution in [-0.2, 0) is 4.79 Å². The van der Waals surface area contributed by atoms with E-state index < -0.39 is 0 Å². The molecular formula is C17H22N2OS2. The standard InChI is InChI=1S/C17H22N2OS2/c1-4-13(5-2)17(15-7-6-10-21-15)19-16(20)9-8-14-11-18-12(3)22-14/h6-11,13,17H,4-5H2,1-3H3,(H,19,20)/b9-8+. The van der Waals surface area contributed by atoms with E-state index in [0.717, 1.165) is 22.7 Å². The van der Waals surface area contributed by atoms with Gasteiger partial charge in [-0.15, -0.1) is 22.7 Å². The van der Waals surface area contributed by atoms with E-state index in [1.54, 1.807) is 34.9 Å². The van der Waals surface area contributed by atoms with Crippen molar-refractivity contribution in [3.05, 3.63) is 44.5 Å². The fraction of sp³-hybridized carbons (Fsp3) is 0.412. The average Bonchev–Trinajstić information content (AvgIpc) is 3.16. The summed E-state index contributed by atoms with van der Waals surface area (Å²) < 4.78 is 0. The molecule has 0 aromatic carbocycles. The summed E-state index contributed by atoms with van der Waals surface area (Å²) >= 11 is 3.29. The van der Waals surface area contributed by atoms with Crippen LogP contribution in [0.4, 0.5) is 0 Å². The van der Waals surface area contributed by atoms with Crippen LogP contribution in [0.25, 0.3) is 6.08 Å². The predicted octanol–water partition coefficient (Wildman–Crippen LogP) is 4.82. The minimum absolute atomic E-state index is 0.0450. The van der Waals surface area contributed by atoms with Crippen molar-refractivity contribution in [2.75, 3.05) is 0 Å². The number of aryl methyl sites for hydroxylation is 1. The Morgan fingerprint density at radius 3 is 2.73 bits per heavy atom. The highest BCUT2D eigenvalue weighted by molar-refractivity contribution is 7.12. The van der Waals surface area contributed by atoms with Crippen molar-refractivity contribution in [2.45, 2.75) is 39.7 Å². The molecule has 0 radical (unpaired) electrons. The van der Waals surface area contributed by atoms with Gasteiger partial charge in [-0.3, -0.25) is 4.79 Å². The van der Waals surface area contributed by atoms with E-state index in [1.165, 1.54) is 4.88 Å². The van der Waals surface area contributed by atoms with Crippen LogP contribution in [0.1, 0.15) is 47.5 Å². The normalized spacial score (nSPS) is 12.9. The van der Waals surface area contributed by atoms with E-state index in [2.05, 4.69) is 35.6 Å². The molecule has 1 atom stereocenters. The number of amides is 1. The van der Waals surface area contributed by atoms with Gasteiger partial charge in [0.2, 0.25) is 5.91 Å². The number of carbonyl (C=O) groups is 1. The zero-order valence-corrected chi connectivity index (χ0v) is 14.8. The topological polar surface area (TPSA) is 42.0 Å². The van der Waals surface area contributed by atoms with E-state index in [0.29, 0.717) is 5.92 Å². The van der Waals surface area contributed by atoms with Gasteiger partial charge < -0.3 is 5.32 Å². The molecule has 1 N–H and O–H groups in total. The lowest BCUT2D eigenvalue weighted by atomic mass is 9.93. The first-order chi connectivity index (χ1) is 10.6. The minimum Gasteiger partial charge on any atom is -0.345 e. The number of thiophene rings is 1. The molecule has 22 heavy (non-hydrogen) atoms. The fourth-order valence-corrected chi connectivity index (χ4v) is 4.02. The van der Waals surface area contributed by atoms with Crippen molar-refractivity contribution in [1.82, 2.24) is 10.3 Å². The lowest BCUT2D eigenvalue weighted by Crippen LogP contribution is -2.31. The lowest BCUT2D eigenvalue weighted by Gasteiger charge is -2.25. The molecule has 3 nitrogen and oxygen atoms in total. The number of nitrogens with one attached hydrogen (secondary N) is 1. The largest absolute Gasteiger partial charge is 0.345 e. The number of hydrogen-bond acceptors (Lipinski definition) is 4. The Hall–Kier alpha value is -1.46. The van der Waals surface area contributed by atoms with Gasteiger partial charge in [0.1, 0.15) is 0 Å². The molecular weight excluding hydrogens is 312 g/mol. The van der Waals surface area contributed by atoms with Crippen molar-refractivity contribution in [2.24, 2.45) is 5.92 Å². The molecule has 1 amide bonds. The van der Waals surface area contributed by atoms with Crippen LogP contribution in [0.2, 0.25) is 0 Å². The first-order valence-corrected chi connectivity index (χ1v) is 9.28. The van der Waals surface area contributed by atoms with E-state index in [9.17, 15) is 4.79 Å². The van der Waals surface area contributed by atoms with Gasteiger partial charge in [0.25, 0.3) is 0 Å². The Morgan fingerprint density at radius 1 is 1.41 bits per heavy atom. The van der Waals surface area contributed by atoms with Gasteiger partial charge in [-0.25, -0.2) is 4.98 Å². The van der Waals surface area contributed by atoms with E-state index >= 15 is 0 Å². The molecule has 1 unspecified atom stereocenters. The average molecular weight is 335 g/mol. The number of rotatable bonds is 7. The van der Waals surface area contributed by atoms with Gasteiger partial charge in [0.05, 0.1) is 11.0 Å². The molecule has 0 aliphatic rings. The van der Waals surface area contributed by atoms with Crippen LogP contribution in [-0.4, -0.2) is 10.9 Å². The van der Waals surface area contributed by atoms with Gasteiger partial charge in [0, 0.05) is 22.0 Å². The van der Waals surface area contributed by atoms with E-state index in [-0.39, 0.29) is 11.9 Å². The number of aromatic nitrogens is 1. The van der Waals surface area contributed by atoms with Crippen LogP contribution in [0.5, 0.6) is 0 Å². The van der Waals surface area contributed by atoms with Crippen molar-refractivity contribution in [3.63, 3.8) is 0 Å².